The fourth-order valence-corrected chi connectivity index (χ4v) is 1.99. The van der Waals surface area contributed by atoms with Crippen molar-refractivity contribution in [2.75, 3.05) is 0 Å². The number of fused-ring (bicyclic) bond motifs is 1. The van der Waals surface area contributed by atoms with Crippen LogP contribution in [0, 0.1) is 0 Å². The first-order chi connectivity index (χ1) is 6.70. The van der Waals surface area contributed by atoms with E-state index in [4.69, 9.17) is 5.73 Å². The first-order valence-electron chi connectivity index (χ1n) is 4.06. The van der Waals surface area contributed by atoms with Gasteiger partial charge in [0.2, 0.25) is 10.3 Å². The number of nitrogens with zero attached hydrogens (tertiary/aromatic N) is 1. The van der Waals surface area contributed by atoms with Crippen LogP contribution in [0.4, 0.5) is 0 Å². The van der Waals surface area contributed by atoms with Crippen LogP contribution in [0.2, 0.25) is 0 Å². The Balaban J connectivity index is 2.79. The van der Waals surface area contributed by atoms with E-state index in [0.717, 1.165) is 0 Å². The van der Waals surface area contributed by atoms with Gasteiger partial charge in [0.1, 0.15) is 0 Å². The lowest BCUT2D eigenvalue weighted by Gasteiger charge is -2.12. The summed E-state index contributed by atoms with van der Waals surface area (Å²) in [6.45, 7) is 0. The van der Waals surface area contributed by atoms with Crippen LogP contribution in [0.15, 0.2) is 24.4 Å². The zero-order valence-electron chi connectivity index (χ0n) is 7.27. The summed E-state index contributed by atoms with van der Waals surface area (Å²) in [5.41, 5.74) is 7.40. The number of hydrogen-bond acceptors (Lipinski definition) is 4. The molecule has 0 spiro atoms. The molecule has 14 heavy (non-hydrogen) atoms. The molecule has 0 aliphatic heterocycles. The second-order valence-corrected chi connectivity index (χ2v) is 3.88. The Labute approximate surface area is 82.6 Å². The maximum Gasteiger partial charge on any atom is 0.218 e. The lowest BCUT2D eigenvalue weighted by Crippen LogP contribution is -2.14. The second-order valence-electron chi connectivity index (χ2n) is 2.92. The lowest BCUT2D eigenvalue weighted by atomic mass is 10.00. The van der Waals surface area contributed by atoms with Gasteiger partial charge in [-0.05, 0) is 12.1 Å². The van der Waals surface area contributed by atoms with E-state index in [1.54, 1.807) is 24.4 Å². The van der Waals surface area contributed by atoms with Crippen LogP contribution in [0.5, 0.6) is 0 Å². The molecule has 0 bridgehead atoms. The topological polar surface area (TPSA) is 73.1 Å². The minimum atomic E-state index is -2.20. The average Bonchev–Trinajstić information content (AvgIpc) is 2.18. The van der Waals surface area contributed by atoms with Gasteiger partial charge in [-0.25, -0.2) is 0 Å². The number of nitrogens with two attached hydrogens (primary N) is 1. The van der Waals surface area contributed by atoms with E-state index in [2.05, 4.69) is 4.98 Å². The molecule has 0 amide bonds. The van der Waals surface area contributed by atoms with E-state index in [9.17, 15) is 8.42 Å². The molecule has 1 heterocycles. The third kappa shape index (κ3) is 1.31. The molecule has 1 aliphatic rings. The smallest absolute Gasteiger partial charge is 0.218 e. The molecule has 0 saturated carbocycles. The molecule has 2 N–H and O–H groups in total. The SMILES string of the molecule is NC1=CCC(=S(=O)=O)c2cccnc21. The van der Waals surface area contributed by atoms with E-state index in [1.807, 2.05) is 0 Å². The van der Waals surface area contributed by atoms with Crippen molar-refractivity contribution in [3.05, 3.63) is 35.7 Å². The largest absolute Gasteiger partial charge is 0.397 e. The van der Waals surface area contributed by atoms with Crippen LogP contribution in [0.1, 0.15) is 17.7 Å². The molecule has 72 valence electrons. The molecule has 0 unspecified atom stereocenters. The zero-order valence-corrected chi connectivity index (χ0v) is 8.08. The average molecular weight is 208 g/mol. The Morgan fingerprint density at radius 2 is 2.21 bits per heavy atom. The van der Waals surface area contributed by atoms with Crippen LogP contribution >= 0.6 is 0 Å². The van der Waals surface area contributed by atoms with Crippen LogP contribution in [-0.2, 0) is 10.3 Å². The predicted octanol–water partition coefficient (Wildman–Crippen LogP) is 0.185. The number of hydrogen-bond donors (Lipinski definition) is 1. The fraction of sp³-hybridized carbons (Fsp3) is 0.111. The minimum absolute atomic E-state index is 0.348. The summed E-state index contributed by atoms with van der Waals surface area (Å²) in [7, 11) is -2.20. The van der Waals surface area contributed by atoms with Crippen molar-refractivity contribution < 1.29 is 8.42 Å². The highest BCUT2D eigenvalue weighted by Gasteiger charge is 2.17. The Morgan fingerprint density at radius 3 is 2.93 bits per heavy atom. The van der Waals surface area contributed by atoms with Crippen molar-refractivity contribution in [3.63, 3.8) is 0 Å². The number of allylic oxidation sites excluding steroid dienone is 1. The first-order valence-corrected chi connectivity index (χ1v) is 5.14. The van der Waals surface area contributed by atoms with E-state index in [-0.39, 0.29) is 0 Å². The van der Waals surface area contributed by atoms with Crippen molar-refractivity contribution in [1.82, 2.24) is 4.98 Å². The van der Waals surface area contributed by atoms with Gasteiger partial charge in [-0.1, -0.05) is 6.08 Å². The predicted molar refractivity (Wildman–Crippen MR) is 54.0 cm³/mol. The Kier molecular flexibility index (Phi) is 2.09. The summed E-state index contributed by atoms with van der Waals surface area (Å²) >= 11 is 0. The van der Waals surface area contributed by atoms with Crippen LogP contribution in [0.3, 0.4) is 0 Å². The van der Waals surface area contributed by atoms with E-state index in [1.165, 1.54) is 0 Å². The Morgan fingerprint density at radius 1 is 1.43 bits per heavy atom. The summed E-state index contributed by atoms with van der Waals surface area (Å²) < 4.78 is 21.8. The molecule has 1 aliphatic carbocycles. The molecule has 0 saturated heterocycles. The first kappa shape index (κ1) is 8.96. The van der Waals surface area contributed by atoms with E-state index in [0.29, 0.717) is 28.2 Å². The zero-order chi connectivity index (χ0) is 10.1. The highest BCUT2D eigenvalue weighted by Crippen LogP contribution is 2.20. The summed E-state index contributed by atoms with van der Waals surface area (Å²) in [5, 5.41) is 0. The number of rotatable bonds is 0. The fourth-order valence-electron chi connectivity index (χ4n) is 1.43. The summed E-state index contributed by atoms with van der Waals surface area (Å²) in [6, 6.07) is 3.41. The van der Waals surface area contributed by atoms with E-state index >= 15 is 0 Å². The van der Waals surface area contributed by atoms with Crippen molar-refractivity contribution >= 4 is 20.9 Å². The minimum Gasteiger partial charge on any atom is -0.397 e. The van der Waals surface area contributed by atoms with E-state index < -0.39 is 10.3 Å². The molecule has 0 fully saturated rings. The Bertz CT molecular complexity index is 536. The van der Waals surface area contributed by atoms with Crippen molar-refractivity contribution in [2.24, 2.45) is 5.73 Å². The van der Waals surface area contributed by atoms with Crippen LogP contribution < -0.4 is 5.73 Å². The van der Waals surface area contributed by atoms with Gasteiger partial charge in [-0.2, -0.15) is 8.42 Å². The van der Waals surface area contributed by atoms with Crippen molar-refractivity contribution in [2.45, 2.75) is 6.42 Å². The van der Waals surface area contributed by atoms with Crippen molar-refractivity contribution in [1.29, 1.82) is 0 Å². The molecule has 1 aromatic heterocycles. The number of pyridine rings is 1. The Hall–Kier alpha value is -1.62. The van der Waals surface area contributed by atoms with Gasteiger partial charge in [0.25, 0.3) is 0 Å². The third-order valence-electron chi connectivity index (χ3n) is 2.09. The number of aromatic nitrogens is 1. The summed E-state index contributed by atoms with van der Waals surface area (Å²) in [6.07, 6.45) is 3.61. The lowest BCUT2D eigenvalue weighted by molar-refractivity contribution is 0.627. The van der Waals surface area contributed by atoms with Gasteiger partial charge < -0.3 is 5.73 Å². The van der Waals surface area contributed by atoms with Crippen LogP contribution in [0.25, 0.3) is 5.70 Å². The van der Waals surface area contributed by atoms with Crippen molar-refractivity contribution in [3.8, 4) is 0 Å². The monoisotopic (exact) mass is 208 g/mol. The molecule has 0 radical (unpaired) electrons. The molecular weight excluding hydrogens is 200 g/mol. The summed E-state index contributed by atoms with van der Waals surface area (Å²) in [4.78, 5) is 4.39. The highest BCUT2D eigenvalue weighted by atomic mass is 32.2. The van der Waals surface area contributed by atoms with Gasteiger partial charge in [0, 0.05) is 18.2 Å². The third-order valence-corrected chi connectivity index (χ3v) is 2.88. The highest BCUT2D eigenvalue weighted by molar-refractivity contribution is 7.73. The van der Waals surface area contributed by atoms with Gasteiger partial charge in [-0.3, -0.25) is 4.98 Å². The van der Waals surface area contributed by atoms with Gasteiger partial charge in [-0.15, -0.1) is 0 Å². The standard InChI is InChI=1S/C9H8N2O2S/c10-7-3-4-8(14(12)13)6-2-1-5-11-9(6)7/h1-3,5H,4,10H2. The van der Waals surface area contributed by atoms with Crippen LogP contribution in [-0.4, -0.2) is 18.3 Å². The molecule has 0 atom stereocenters. The molecule has 2 rings (SSSR count). The normalized spacial score (nSPS) is 14.6. The molecule has 4 nitrogen and oxygen atoms in total. The maximum atomic E-state index is 10.9. The summed E-state index contributed by atoms with van der Waals surface area (Å²) in [5.74, 6) is 0. The second kappa shape index (κ2) is 3.26. The van der Waals surface area contributed by atoms with Gasteiger partial charge >= 0.3 is 0 Å². The maximum absolute atomic E-state index is 10.9. The molecule has 5 heteroatoms. The molecule has 1 aromatic rings. The quantitative estimate of drug-likeness (QED) is 0.617. The van der Waals surface area contributed by atoms with Gasteiger partial charge in [0.15, 0.2) is 0 Å². The molecule has 0 aromatic carbocycles. The van der Waals surface area contributed by atoms with Gasteiger partial charge in [0.05, 0.1) is 16.3 Å². The molecular formula is C9H8N2O2S.